The van der Waals surface area contributed by atoms with Gasteiger partial charge in [0, 0.05) is 31.0 Å². The number of sulfonamides is 1. The summed E-state index contributed by atoms with van der Waals surface area (Å²) in [7, 11) is -1.64. The van der Waals surface area contributed by atoms with Crippen molar-refractivity contribution in [1.29, 1.82) is 0 Å². The van der Waals surface area contributed by atoms with Gasteiger partial charge >= 0.3 is 0 Å². The van der Waals surface area contributed by atoms with Gasteiger partial charge in [0.15, 0.2) is 11.5 Å². The average molecular weight is 346 g/mol. The molecule has 0 radical (unpaired) electrons. The SMILES string of the molecule is CN1CCc2cc(NS(=O)(=O)c3ccc4c(c3)OCCO4)ccc21. The summed E-state index contributed by atoms with van der Waals surface area (Å²) in [5.74, 6) is 1.03. The van der Waals surface area contributed by atoms with E-state index >= 15 is 0 Å². The number of anilines is 2. The van der Waals surface area contributed by atoms with Gasteiger partial charge in [0.1, 0.15) is 13.2 Å². The largest absolute Gasteiger partial charge is 0.486 e. The van der Waals surface area contributed by atoms with Gasteiger partial charge in [-0.3, -0.25) is 4.72 Å². The number of likely N-dealkylation sites (N-methyl/N-ethyl adjacent to an activating group) is 1. The lowest BCUT2D eigenvalue weighted by molar-refractivity contribution is 0.171. The summed E-state index contributed by atoms with van der Waals surface area (Å²) in [6.45, 7) is 1.84. The highest BCUT2D eigenvalue weighted by Gasteiger charge is 2.21. The molecule has 1 N–H and O–H groups in total. The molecule has 2 heterocycles. The van der Waals surface area contributed by atoms with Crippen molar-refractivity contribution in [2.45, 2.75) is 11.3 Å². The third kappa shape index (κ3) is 2.65. The molecule has 0 saturated carbocycles. The summed E-state index contributed by atoms with van der Waals surface area (Å²) in [4.78, 5) is 2.32. The van der Waals surface area contributed by atoms with Crippen LogP contribution in [-0.2, 0) is 16.4 Å². The summed E-state index contributed by atoms with van der Waals surface area (Å²) >= 11 is 0. The van der Waals surface area contributed by atoms with Crippen LogP contribution in [0.5, 0.6) is 11.5 Å². The first-order chi connectivity index (χ1) is 11.5. The monoisotopic (exact) mass is 346 g/mol. The number of benzene rings is 2. The van der Waals surface area contributed by atoms with E-state index in [9.17, 15) is 8.42 Å². The van der Waals surface area contributed by atoms with Crippen molar-refractivity contribution in [3.05, 3.63) is 42.0 Å². The second-order valence-corrected chi connectivity index (χ2v) is 7.61. The van der Waals surface area contributed by atoms with Gasteiger partial charge in [-0.1, -0.05) is 0 Å². The van der Waals surface area contributed by atoms with Gasteiger partial charge < -0.3 is 14.4 Å². The van der Waals surface area contributed by atoms with Crippen molar-refractivity contribution < 1.29 is 17.9 Å². The van der Waals surface area contributed by atoms with E-state index in [1.807, 2.05) is 19.2 Å². The normalized spacial score (nSPS) is 16.0. The number of nitrogens with one attached hydrogen (secondary N) is 1. The average Bonchev–Trinajstić information content (AvgIpc) is 2.94. The van der Waals surface area contributed by atoms with Gasteiger partial charge in [-0.2, -0.15) is 0 Å². The number of rotatable bonds is 3. The lowest BCUT2D eigenvalue weighted by atomic mass is 10.1. The van der Waals surface area contributed by atoms with Gasteiger partial charge in [0.2, 0.25) is 0 Å². The van der Waals surface area contributed by atoms with Crippen molar-refractivity contribution in [3.8, 4) is 11.5 Å². The van der Waals surface area contributed by atoms with Crippen molar-refractivity contribution >= 4 is 21.4 Å². The zero-order valence-corrected chi connectivity index (χ0v) is 14.1. The topological polar surface area (TPSA) is 67.9 Å². The molecule has 0 fully saturated rings. The zero-order chi connectivity index (χ0) is 16.7. The Morgan fingerprint density at radius 3 is 2.67 bits per heavy atom. The fourth-order valence-corrected chi connectivity index (χ4v) is 4.10. The molecule has 4 rings (SSSR count). The molecule has 2 aromatic carbocycles. The maximum Gasteiger partial charge on any atom is 0.262 e. The second kappa shape index (κ2) is 5.59. The standard InChI is InChI=1S/C17H18N2O4S/c1-19-7-6-12-10-13(2-4-15(12)19)18-24(20,21)14-3-5-16-17(11-14)23-9-8-22-16/h2-5,10-11,18H,6-9H2,1H3. The Bertz CT molecular complexity index is 895. The predicted octanol–water partition coefficient (Wildman–Crippen LogP) is 2.25. The third-order valence-corrected chi connectivity index (χ3v) is 5.66. The summed E-state index contributed by atoms with van der Waals surface area (Å²) in [6.07, 6.45) is 0.922. The molecule has 0 atom stereocenters. The van der Waals surface area contributed by atoms with Crippen LogP contribution in [-0.4, -0.2) is 35.2 Å². The number of hydrogen-bond donors (Lipinski definition) is 1. The molecule has 2 aromatic rings. The first kappa shape index (κ1) is 15.1. The van der Waals surface area contributed by atoms with E-state index in [2.05, 4.69) is 9.62 Å². The molecule has 0 aliphatic carbocycles. The first-order valence-corrected chi connectivity index (χ1v) is 9.28. The van der Waals surface area contributed by atoms with Crippen LogP contribution in [0.2, 0.25) is 0 Å². The Balaban J connectivity index is 1.62. The Labute approximate surface area is 141 Å². The predicted molar refractivity (Wildman–Crippen MR) is 91.7 cm³/mol. The fourth-order valence-electron chi connectivity index (χ4n) is 3.04. The Morgan fingerprint density at radius 1 is 1.04 bits per heavy atom. The maximum atomic E-state index is 12.6. The highest BCUT2D eigenvalue weighted by molar-refractivity contribution is 7.92. The highest BCUT2D eigenvalue weighted by Crippen LogP contribution is 2.33. The van der Waals surface area contributed by atoms with Crippen LogP contribution in [0.3, 0.4) is 0 Å². The van der Waals surface area contributed by atoms with Gasteiger partial charge in [-0.25, -0.2) is 8.42 Å². The minimum Gasteiger partial charge on any atom is -0.486 e. The van der Waals surface area contributed by atoms with Crippen LogP contribution in [0.15, 0.2) is 41.3 Å². The third-order valence-electron chi connectivity index (χ3n) is 4.28. The van der Waals surface area contributed by atoms with Crippen molar-refractivity contribution in [3.63, 3.8) is 0 Å². The summed E-state index contributed by atoms with van der Waals surface area (Å²) in [5.41, 5.74) is 2.87. The minimum absolute atomic E-state index is 0.157. The van der Waals surface area contributed by atoms with Gasteiger partial charge in [-0.05, 0) is 42.3 Å². The molecule has 6 nitrogen and oxygen atoms in total. The quantitative estimate of drug-likeness (QED) is 0.923. The minimum atomic E-state index is -3.68. The molecule has 2 aliphatic rings. The van der Waals surface area contributed by atoms with Crippen LogP contribution in [0.4, 0.5) is 11.4 Å². The molecule has 0 saturated heterocycles. The number of hydrogen-bond acceptors (Lipinski definition) is 5. The summed E-state index contributed by atoms with van der Waals surface area (Å²) in [5, 5.41) is 0. The Morgan fingerprint density at radius 2 is 1.83 bits per heavy atom. The van der Waals surface area contributed by atoms with Crippen LogP contribution >= 0.6 is 0 Å². The number of fused-ring (bicyclic) bond motifs is 2. The molecule has 2 aliphatic heterocycles. The molecule has 126 valence electrons. The summed E-state index contributed by atoms with van der Waals surface area (Å²) in [6, 6.07) is 10.3. The van der Waals surface area contributed by atoms with E-state index in [1.54, 1.807) is 12.1 Å². The lowest BCUT2D eigenvalue weighted by Crippen LogP contribution is -2.17. The van der Waals surface area contributed by atoms with Crippen molar-refractivity contribution in [1.82, 2.24) is 0 Å². The lowest BCUT2D eigenvalue weighted by Gasteiger charge is -2.19. The Hall–Kier alpha value is -2.41. The van der Waals surface area contributed by atoms with Gasteiger partial charge in [0.05, 0.1) is 4.90 Å². The number of nitrogens with zero attached hydrogens (tertiary/aromatic N) is 1. The first-order valence-electron chi connectivity index (χ1n) is 7.79. The molecular weight excluding hydrogens is 328 g/mol. The van der Waals surface area contributed by atoms with Crippen molar-refractivity contribution in [2.24, 2.45) is 0 Å². The van der Waals surface area contributed by atoms with Crippen LogP contribution in [0, 0.1) is 0 Å². The molecule has 7 heteroatoms. The summed E-state index contributed by atoms with van der Waals surface area (Å²) < 4.78 is 38.8. The van der Waals surface area contributed by atoms with Crippen LogP contribution in [0.25, 0.3) is 0 Å². The highest BCUT2D eigenvalue weighted by atomic mass is 32.2. The molecule has 0 bridgehead atoms. The fraction of sp³-hybridized carbons (Fsp3) is 0.294. The molecule has 0 unspecified atom stereocenters. The smallest absolute Gasteiger partial charge is 0.262 e. The van der Waals surface area contributed by atoms with Crippen LogP contribution < -0.4 is 19.1 Å². The maximum absolute atomic E-state index is 12.6. The zero-order valence-electron chi connectivity index (χ0n) is 13.3. The van der Waals surface area contributed by atoms with E-state index in [0.717, 1.165) is 24.2 Å². The van der Waals surface area contributed by atoms with E-state index in [0.29, 0.717) is 30.4 Å². The van der Waals surface area contributed by atoms with E-state index in [1.165, 1.54) is 12.1 Å². The molecular formula is C17H18N2O4S. The number of ether oxygens (including phenoxy) is 2. The van der Waals surface area contributed by atoms with Crippen LogP contribution in [0.1, 0.15) is 5.56 Å². The van der Waals surface area contributed by atoms with Gasteiger partial charge in [0.25, 0.3) is 10.0 Å². The molecule has 0 spiro atoms. The molecule has 0 amide bonds. The second-order valence-electron chi connectivity index (χ2n) is 5.93. The van der Waals surface area contributed by atoms with Gasteiger partial charge in [-0.15, -0.1) is 0 Å². The van der Waals surface area contributed by atoms with E-state index < -0.39 is 10.0 Å². The van der Waals surface area contributed by atoms with E-state index in [4.69, 9.17) is 9.47 Å². The molecule has 24 heavy (non-hydrogen) atoms. The molecule has 0 aromatic heterocycles. The Kier molecular flexibility index (Phi) is 3.53. The van der Waals surface area contributed by atoms with Crippen molar-refractivity contribution in [2.75, 3.05) is 36.4 Å². The van der Waals surface area contributed by atoms with E-state index in [-0.39, 0.29) is 4.90 Å².